The van der Waals surface area contributed by atoms with Crippen molar-refractivity contribution in [2.24, 2.45) is 5.73 Å². The average molecular weight is 427 g/mol. The molecule has 1 fully saturated rings. The minimum Gasteiger partial charge on any atom is -0.401 e. The lowest BCUT2D eigenvalue weighted by Crippen LogP contribution is -2.37. The Morgan fingerprint density at radius 3 is 2.29 bits per heavy atom. The summed E-state index contributed by atoms with van der Waals surface area (Å²) in [5, 5.41) is 15.1. The third-order valence-electron chi connectivity index (χ3n) is 5.29. The van der Waals surface area contributed by atoms with Crippen LogP contribution in [0.15, 0.2) is 73.1 Å². The summed E-state index contributed by atoms with van der Waals surface area (Å²) < 4.78 is 0. The van der Waals surface area contributed by atoms with Gasteiger partial charge >= 0.3 is 0 Å². The maximum Gasteiger partial charge on any atom is 0.0943 e. The monoisotopic (exact) mass is 426 g/mol. The maximum atomic E-state index is 8.92. The number of nitrogens with one attached hydrogen (secondary N) is 2. The van der Waals surface area contributed by atoms with Gasteiger partial charge in [0.25, 0.3) is 0 Å². The van der Waals surface area contributed by atoms with Crippen molar-refractivity contribution in [3.8, 4) is 0 Å². The van der Waals surface area contributed by atoms with Gasteiger partial charge in [0.05, 0.1) is 12.1 Å². The van der Waals surface area contributed by atoms with Crippen LogP contribution in [0, 0.1) is 0 Å². The van der Waals surface area contributed by atoms with Gasteiger partial charge in [0.2, 0.25) is 0 Å². The van der Waals surface area contributed by atoms with E-state index in [0.29, 0.717) is 11.7 Å². The van der Waals surface area contributed by atoms with E-state index in [2.05, 4.69) is 79.8 Å². The Hall–Kier alpha value is -2.50. The molecule has 0 spiro atoms. The van der Waals surface area contributed by atoms with Crippen molar-refractivity contribution < 1.29 is 5.11 Å². The topological polar surface area (TPSA) is 73.5 Å². The Labute approximate surface area is 189 Å². The van der Waals surface area contributed by atoms with Gasteiger partial charge in [-0.2, -0.15) is 0 Å². The first-order valence-electron chi connectivity index (χ1n) is 10.9. The Kier molecular flexibility index (Phi) is 10.6. The van der Waals surface area contributed by atoms with Crippen LogP contribution in [0.4, 0.5) is 5.69 Å². The van der Waals surface area contributed by atoms with Crippen molar-refractivity contribution in [1.29, 1.82) is 0 Å². The van der Waals surface area contributed by atoms with E-state index in [1.54, 1.807) is 0 Å². The van der Waals surface area contributed by atoms with E-state index in [9.17, 15) is 0 Å². The number of benzene rings is 1. The van der Waals surface area contributed by atoms with Gasteiger partial charge in [-0.1, -0.05) is 57.7 Å². The molecule has 2 rings (SSSR count). The first-order chi connectivity index (χ1) is 14.5. The van der Waals surface area contributed by atoms with E-state index in [4.69, 9.17) is 10.8 Å². The number of anilines is 1. The van der Waals surface area contributed by atoms with Crippen molar-refractivity contribution in [2.75, 3.05) is 25.5 Å². The van der Waals surface area contributed by atoms with Crippen molar-refractivity contribution >= 4 is 5.69 Å². The fourth-order valence-corrected chi connectivity index (χ4v) is 3.54. The summed E-state index contributed by atoms with van der Waals surface area (Å²) in [6.45, 7) is 17.0. The second kappa shape index (κ2) is 12.4. The number of aliphatic hydroxyl groups is 1. The molecule has 1 heterocycles. The third kappa shape index (κ3) is 8.27. The quantitative estimate of drug-likeness (QED) is 0.394. The lowest BCUT2D eigenvalue weighted by molar-refractivity contribution is 0.194. The minimum atomic E-state index is -0.155. The van der Waals surface area contributed by atoms with Crippen molar-refractivity contribution in [1.82, 2.24) is 10.6 Å². The van der Waals surface area contributed by atoms with Crippen LogP contribution in [0.3, 0.4) is 0 Å². The molecule has 3 atom stereocenters. The number of likely N-dealkylation sites (N-methyl/N-ethyl adjacent to an activating group) is 1. The fraction of sp³-hybridized carbons (Fsp3) is 0.462. The van der Waals surface area contributed by atoms with E-state index in [-0.39, 0.29) is 17.6 Å². The second-order valence-corrected chi connectivity index (χ2v) is 8.96. The molecule has 31 heavy (non-hydrogen) atoms. The number of nitrogens with zero attached hydrogens (tertiary/aromatic N) is 1. The number of allylic oxidation sites excluding steroid dienone is 1. The highest BCUT2D eigenvalue weighted by atomic mass is 16.3. The molecule has 0 aromatic heterocycles. The molecule has 0 radical (unpaired) electrons. The first-order valence-corrected chi connectivity index (χ1v) is 10.9. The van der Waals surface area contributed by atoms with Crippen LogP contribution in [-0.2, 0) is 5.41 Å². The fourth-order valence-electron chi connectivity index (χ4n) is 3.54. The van der Waals surface area contributed by atoms with Gasteiger partial charge in [-0.3, -0.25) is 0 Å². The highest BCUT2D eigenvalue weighted by molar-refractivity contribution is 5.54. The Morgan fingerprint density at radius 1 is 1.32 bits per heavy atom. The molecule has 1 aliphatic heterocycles. The summed E-state index contributed by atoms with van der Waals surface area (Å²) in [6, 6.07) is 8.90. The summed E-state index contributed by atoms with van der Waals surface area (Å²) in [6.07, 6.45) is 8.52. The molecule has 0 aliphatic carbocycles. The van der Waals surface area contributed by atoms with E-state index in [1.165, 1.54) is 5.56 Å². The molecule has 3 unspecified atom stereocenters. The van der Waals surface area contributed by atoms with Gasteiger partial charge in [0.15, 0.2) is 0 Å². The summed E-state index contributed by atoms with van der Waals surface area (Å²) in [5.41, 5.74) is 10.4. The number of nitrogens with two attached hydrogens (primary N) is 1. The molecule has 0 bridgehead atoms. The smallest absolute Gasteiger partial charge is 0.0943 e. The normalized spacial score (nSPS) is 20.0. The molecule has 1 aromatic carbocycles. The Morgan fingerprint density at radius 2 is 1.94 bits per heavy atom. The van der Waals surface area contributed by atoms with Crippen molar-refractivity contribution in [3.63, 3.8) is 0 Å². The summed E-state index contributed by atoms with van der Waals surface area (Å²) >= 11 is 0. The predicted octanol–water partition coefficient (Wildman–Crippen LogP) is 3.84. The van der Waals surface area contributed by atoms with E-state index in [0.717, 1.165) is 24.2 Å². The van der Waals surface area contributed by atoms with Crippen LogP contribution in [0.1, 0.15) is 39.7 Å². The molecular weight excluding hydrogens is 384 g/mol. The predicted molar refractivity (Wildman–Crippen MR) is 135 cm³/mol. The number of hydrogen-bond donors (Lipinski definition) is 4. The highest BCUT2D eigenvalue weighted by Gasteiger charge is 2.21. The minimum absolute atomic E-state index is 0.0841. The van der Waals surface area contributed by atoms with Crippen LogP contribution in [-0.4, -0.2) is 43.9 Å². The number of aliphatic hydroxyl groups excluding tert-OH is 1. The molecule has 172 valence electrons. The van der Waals surface area contributed by atoms with Gasteiger partial charge in [0, 0.05) is 44.3 Å². The van der Waals surface area contributed by atoms with Crippen LogP contribution in [0.5, 0.6) is 0 Å². The van der Waals surface area contributed by atoms with E-state index < -0.39 is 0 Å². The number of hydrogen-bond acceptors (Lipinski definition) is 5. The number of rotatable bonds is 7. The molecule has 5 heteroatoms. The van der Waals surface area contributed by atoms with Crippen LogP contribution >= 0.6 is 0 Å². The maximum absolute atomic E-state index is 8.92. The summed E-state index contributed by atoms with van der Waals surface area (Å²) in [4.78, 5) is 2.15. The SMILES string of the molecule is C=C(N)C(C(/C=C\C)=C/NC)N(C)c1ccc(C(C)(C)C)cc1.C=CC1CC(O)CN1. The zero-order valence-electron chi connectivity index (χ0n) is 20.2. The van der Waals surface area contributed by atoms with Gasteiger partial charge in [-0.25, -0.2) is 0 Å². The summed E-state index contributed by atoms with van der Waals surface area (Å²) in [7, 11) is 3.93. The Bertz CT molecular complexity index is 759. The van der Waals surface area contributed by atoms with E-state index in [1.807, 2.05) is 39.4 Å². The van der Waals surface area contributed by atoms with Gasteiger partial charge in [-0.15, -0.1) is 6.58 Å². The zero-order valence-corrected chi connectivity index (χ0v) is 20.2. The van der Waals surface area contributed by atoms with Crippen LogP contribution in [0.25, 0.3) is 0 Å². The average Bonchev–Trinajstić information content (AvgIpc) is 3.13. The molecule has 5 N–H and O–H groups in total. The lowest BCUT2D eigenvalue weighted by Gasteiger charge is -2.32. The molecule has 1 aliphatic rings. The lowest BCUT2D eigenvalue weighted by atomic mass is 9.87. The molecule has 1 saturated heterocycles. The van der Waals surface area contributed by atoms with Gasteiger partial charge in [-0.05, 0) is 42.0 Å². The van der Waals surface area contributed by atoms with Crippen molar-refractivity contribution in [3.05, 3.63) is 78.7 Å². The van der Waals surface area contributed by atoms with Crippen molar-refractivity contribution in [2.45, 2.75) is 57.7 Å². The molecule has 0 saturated carbocycles. The molecule has 5 nitrogen and oxygen atoms in total. The van der Waals surface area contributed by atoms with Crippen LogP contribution in [0.2, 0.25) is 0 Å². The molecule has 1 aromatic rings. The standard InChI is InChI=1S/C20H31N3.C6H11NO/c1-8-9-16(14-22-6)19(15(2)21)23(7)18-12-10-17(11-13-18)20(3,4)5;1-2-5-3-6(8)4-7-5/h8-14,19,22H,2,21H2,1,3-7H3;2,5-8H,1,3-4H2/b9-8-,16-14+;. The highest BCUT2D eigenvalue weighted by Crippen LogP contribution is 2.27. The van der Waals surface area contributed by atoms with Gasteiger partial charge in [0.1, 0.15) is 0 Å². The zero-order chi connectivity index (χ0) is 23.6. The third-order valence-corrected chi connectivity index (χ3v) is 5.29. The largest absolute Gasteiger partial charge is 0.401 e. The first kappa shape index (κ1) is 26.5. The summed E-state index contributed by atoms with van der Waals surface area (Å²) in [5.74, 6) is 0. The number of β-amino-alcohol motifs (C(OH)–C–C–N with tert-alkyl or cyclic N) is 1. The van der Waals surface area contributed by atoms with E-state index >= 15 is 0 Å². The van der Waals surface area contributed by atoms with Gasteiger partial charge < -0.3 is 26.4 Å². The van der Waals surface area contributed by atoms with Crippen LogP contribution < -0.4 is 21.3 Å². The Balaban J connectivity index is 0.000000500. The second-order valence-electron chi connectivity index (χ2n) is 8.96. The molecule has 0 amide bonds. The molecular formula is C26H42N4O.